The Hall–Kier alpha value is -1.75. The topological polar surface area (TPSA) is 55.6 Å². The Balaban J connectivity index is 2.18. The van der Waals surface area contributed by atoms with E-state index < -0.39 is 0 Å². The Bertz CT molecular complexity index is 561. The van der Waals surface area contributed by atoms with Crippen LogP contribution in [-0.4, -0.2) is 26.3 Å². The quantitative estimate of drug-likeness (QED) is 0.850. The molecule has 5 heteroatoms. The highest BCUT2D eigenvalue weighted by Crippen LogP contribution is 2.17. The van der Waals surface area contributed by atoms with Gasteiger partial charge >= 0.3 is 0 Å². The Morgan fingerprint density at radius 1 is 1.29 bits per heavy atom. The van der Waals surface area contributed by atoms with E-state index in [0.717, 1.165) is 31.0 Å². The molecule has 1 atom stereocenters. The SMILES string of the molecule is CCNC(Cc1ncnn1CC(C)C)c1cc(C)ccn1. The Labute approximate surface area is 126 Å². The van der Waals surface area contributed by atoms with Crippen molar-refractivity contribution in [3.05, 3.63) is 41.7 Å². The second kappa shape index (κ2) is 7.31. The monoisotopic (exact) mass is 287 g/mol. The van der Waals surface area contributed by atoms with Crippen LogP contribution in [0.5, 0.6) is 0 Å². The van der Waals surface area contributed by atoms with E-state index in [-0.39, 0.29) is 6.04 Å². The fourth-order valence-electron chi connectivity index (χ4n) is 2.40. The molecule has 5 nitrogen and oxygen atoms in total. The number of aryl methyl sites for hydroxylation is 1. The molecule has 1 N–H and O–H groups in total. The molecule has 2 heterocycles. The van der Waals surface area contributed by atoms with E-state index in [0.29, 0.717) is 5.92 Å². The smallest absolute Gasteiger partial charge is 0.138 e. The molecule has 114 valence electrons. The van der Waals surface area contributed by atoms with Crippen LogP contribution < -0.4 is 5.32 Å². The second-order valence-electron chi connectivity index (χ2n) is 5.82. The van der Waals surface area contributed by atoms with Crippen molar-refractivity contribution < 1.29 is 0 Å². The molecule has 0 spiro atoms. The van der Waals surface area contributed by atoms with Gasteiger partial charge in [-0.1, -0.05) is 20.8 Å². The van der Waals surface area contributed by atoms with Crippen molar-refractivity contribution in [2.45, 2.75) is 46.7 Å². The van der Waals surface area contributed by atoms with Crippen LogP contribution in [-0.2, 0) is 13.0 Å². The van der Waals surface area contributed by atoms with E-state index in [1.165, 1.54) is 5.56 Å². The lowest BCUT2D eigenvalue weighted by atomic mass is 10.1. The molecule has 0 aliphatic rings. The second-order valence-corrected chi connectivity index (χ2v) is 5.82. The maximum absolute atomic E-state index is 4.51. The molecule has 21 heavy (non-hydrogen) atoms. The van der Waals surface area contributed by atoms with Gasteiger partial charge in [-0.3, -0.25) is 4.98 Å². The molecule has 2 rings (SSSR count). The van der Waals surface area contributed by atoms with E-state index in [1.807, 2.05) is 16.9 Å². The van der Waals surface area contributed by atoms with Crippen LogP contribution >= 0.6 is 0 Å². The van der Waals surface area contributed by atoms with Gasteiger partial charge in [0.2, 0.25) is 0 Å². The summed E-state index contributed by atoms with van der Waals surface area (Å²) in [5.74, 6) is 1.57. The van der Waals surface area contributed by atoms with Crippen LogP contribution in [0.1, 0.15) is 43.9 Å². The van der Waals surface area contributed by atoms with Crippen molar-refractivity contribution in [3.8, 4) is 0 Å². The third-order valence-corrected chi connectivity index (χ3v) is 3.36. The summed E-state index contributed by atoms with van der Waals surface area (Å²) in [7, 11) is 0. The fourth-order valence-corrected chi connectivity index (χ4v) is 2.40. The number of hydrogen-bond acceptors (Lipinski definition) is 4. The highest BCUT2D eigenvalue weighted by atomic mass is 15.3. The summed E-state index contributed by atoms with van der Waals surface area (Å²) in [5.41, 5.74) is 2.29. The van der Waals surface area contributed by atoms with Crippen LogP contribution in [0.3, 0.4) is 0 Å². The minimum atomic E-state index is 0.171. The zero-order chi connectivity index (χ0) is 15.2. The molecule has 2 aromatic rings. The van der Waals surface area contributed by atoms with E-state index in [2.05, 4.69) is 54.1 Å². The molecule has 0 aliphatic carbocycles. The van der Waals surface area contributed by atoms with Crippen molar-refractivity contribution in [2.24, 2.45) is 5.92 Å². The number of nitrogens with one attached hydrogen (secondary N) is 1. The van der Waals surface area contributed by atoms with Crippen molar-refractivity contribution in [1.82, 2.24) is 25.1 Å². The fraction of sp³-hybridized carbons (Fsp3) is 0.562. The van der Waals surface area contributed by atoms with Crippen molar-refractivity contribution in [1.29, 1.82) is 0 Å². The minimum Gasteiger partial charge on any atom is -0.309 e. The van der Waals surface area contributed by atoms with E-state index >= 15 is 0 Å². The van der Waals surface area contributed by atoms with Crippen molar-refractivity contribution >= 4 is 0 Å². The summed E-state index contributed by atoms with van der Waals surface area (Å²) in [5, 5.41) is 7.84. The average Bonchev–Trinajstić information content (AvgIpc) is 2.85. The first-order chi connectivity index (χ1) is 10.1. The molecule has 2 aromatic heterocycles. The maximum atomic E-state index is 4.51. The minimum absolute atomic E-state index is 0.171. The van der Waals surface area contributed by atoms with Gasteiger partial charge < -0.3 is 5.32 Å². The molecule has 0 bridgehead atoms. The number of nitrogens with zero attached hydrogens (tertiary/aromatic N) is 4. The third kappa shape index (κ3) is 4.36. The molecule has 0 saturated heterocycles. The van der Waals surface area contributed by atoms with Crippen LogP contribution in [0.15, 0.2) is 24.7 Å². The van der Waals surface area contributed by atoms with Crippen LogP contribution in [0.25, 0.3) is 0 Å². The number of pyridine rings is 1. The van der Waals surface area contributed by atoms with Gasteiger partial charge in [-0.2, -0.15) is 5.10 Å². The van der Waals surface area contributed by atoms with Crippen LogP contribution in [0, 0.1) is 12.8 Å². The molecule has 1 unspecified atom stereocenters. The normalized spacial score (nSPS) is 12.8. The largest absolute Gasteiger partial charge is 0.309 e. The molecular formula is C16H25N5. The Morgan fingerprint density at radius 2 is 2.10 bits per heavy atom. The van der Waals surface area contributed by atoms with E-state index in [4.69, 9.17) is 0 Å². The Morgan fingerprint density at radius 3 is 2.76 bits per heavy atom. The van der Waals surface area contributed by atoms with E-state index in [1.54, 1.807) is 6.33 Å². The maximum Gasteiger partial charge on any atom is 0.138 e. The van der Waals surface area contributed by atoms with Gasteiger partial charge in [-0.05, 0) is 37.1 Å². The lowest BCUT2D eigenvalue weighted by Crippen LogP contribution is -2.25. The van der Waals surface area contributed by atoms with Gasteiger partial charge in [0.15, 0.2) is 0 Å². The molecular weight excluding hydrogens is 262 g/mol. The standard InChI is InChI=1S/C16H25N5/c1-5-17-15(14-8-13(4)6-7-18-14)9-16-19-11-20-21(16)10-12(2)3/h6-8,11-12,15,17H,5,9-10H2,1-4H3. The third-order valence-electron chi connectivity index (χ3n) is 3.36. The predicted octanol–water partition coefficient (Wildman–Crippen LogP) is 2.53. The highest BCUT2D eigenvalue weighted by molar-refractivity contribution is 5.18. The van der Waals surface area contributed by atoms with Gasteiger partial charge in [0, 0.05) is 19.2 Å². The van der Waals surface area contributed by atoms with Crippen molar-refractivity contribution in [2.75, 3.05) is 6.54 Å². The Kier molecular flexibility index (Phi) is 5.44. The number of aromatic nitrogens is 4. The summed E-state index contributed by atoms with van der Waals surface area (Å²) in [6.07, 6.45) is 4.31. The van der Waals surface area contributed by atoms with Gasteiger partial charge in [0.05, 0.1) is 11.7 Å². The number of hydrogen-bond donors (Lipinski definition) is 1. The molecule has 0 amide bonds. The summed E-state index contributed by atoms with van der Waals surface area (Å²) in [6.45, 7) is 10.4. The van der Waals surface area contributed by atoms with Gasteiger partial charge in [0.25, 0.3) is 0 Å². The van der Waals surface area contributed by atoms with Crippen LogP contribution in [0.2, 0.25) is 0 Å². The number of rotatable bonds is 7. The first-order valence-corrected chi connectivity index (χ1v) is 7.62. The van der Waals surface area contributed by atoms with Crippen LogP contribution in [0.4, 0.5) is 0 Å². The molecule has 0 saturated carbocycles. The molecule has 0 aliphatic heterocycles. The number of likely N-dealkylation sites (N-methyl/N-ethyl adjacent to an activating group) is 1. The first-order valence-electron chi connectivity index (χ1n) is 7.62. The molecule has 0 radical (unpaired) electrons. The summed E-state index contributed by atoms with van der Waals surface area (Å²) in [6, 6.07) is 4.33. The highest BCUT2D eigenvalue weighted by Gasteiger charge is 2.16. The van der Waals surface area contributed by atoms with E-state index in [9.17, 15) is 0 Å². The summed E-state index contributed by atoms with van der Waals surface area (Å²) < 4.78 is 2.00. The first kappa shape index (κ1) is 15.6. The average molecular weight is 287 g/mol. The van der Waals surface area contributed by atoms with Gasteiger partial charge in [-0.25, -0.2) is 9.67 Å². The summed E-state index contributed by atoms with van der Waals surface area (Å²) >= 11 is 0. The molecule has 0 fully saturated rings. The lowest BCUT2D eigenvalue weighted by Gasteiger charge is -2.18. The lowest BCUT2D eigenvalue weighted by molar-refractivity contribution is 0.444. The van der Waals surface area contributed by atoms with Gasteiger partial charge in [-0.15, -0.1) is 0 Å². The summed E-state index contributed by atoms with van der Waals surface area (Å²) in [4.78, 5) is 8.93. The predicted molar refractivity (Wildman–Crippen MR) is 84.0 cm³/mol. The van der Waals surface area contributed by atoms with Crippen molar-refractivity contribution in [3.63, 3.8) is 0 Å². The molecule has 0 aromatic carbocycles. The zero-order valence-electron chi connectivity index (χ0n) is 13.4. The van der Waals surface area contributed by atoms with Gasteiger partial charge in [0.1, 0.15) is 12.2 Å². The zero-order valence-corrected chi connectivity index (χ0v) is 13.4.